The molecular formula is C20H16ClN3O3. The molecule has 1 N–H and O–H groups in total. The van der Waals surface area contributed by atoms with Crippen molar-refractivity contribution in [2.75, 3.05) is 5.32 Å². The number of amides is 1. The molecule has 0 bridgehead atoms. The summed E-state index contributed by atoms with van der Waals surface area (Å²) in [5, 5.41) is 7.42. The lowest BCUT2D eigenvalue weighted by atomic mass is 10.1. The van der Waals surface area contributed by atoms with Crippen molar-refractivity contribution in [3.05, 3.63) is 81.6 Å². The van der Waals surface area contributed by atoms with Gasteiger partial charge in [-0.1, -0.05) is 29.8 Å². The number of halogens is 1. The molecule has 0 saturated heterocycles. The fourth-order valence-corrected chi connectivity index (χ4v) is 2.73. The Bertz CT molecular complexity index is 1060. The van der Waals surface area contributed by atoms with Gasteiger partial charge in [-0.25, -0.2) is 4.68 Å². The molecule has 1 amide bonds. The number of carbonyl (C=O) groups is 2. The summed E-state index contributed by atoms with van der Waals surface area (Å²) >= 11 is 6.17. The number of Topliss-reactive ketones (excluding diaryl/α,β-unsaturated/α-hetero) is 1. The number of hydrogen-bond acceptors (Lipinski definition) is 4. The highest BCUT2D eigenvalue weighted by Gasteiger charge is 2.10. The van der Waals surface area contributed by atoms with Gasteiger partial charge in [-0.05, 0) is 43.3 Å². The van der Waals surface area contributed by atoms with E-state index in [2.05, 4.69) is 10.4 Å². The molecule has 6 nitrogen and oxygen atoms in total. The van der Waals surface area contributed by atoms with Crippen molar-refractivity contribution >= 4 is 29.0 Å². The van der Waals surface area contributed by atoms with E-state index in [4.69, 9.17) is 11.6 Å². The van der Waals surface area contributed by atoms with E-state index in [1.54, 1.807) is 48.5 Å². The average Bonchev–Trinajstić information content (AvgIpc) is 2.64. The minimum atomic E-state index is -0.406. The zero-order chi connectivity index (χ0) is 19.4. The molecule has 0 aliphatic heterocycles. The molecule has 0 spiro atoms. The molecule has 0 aliphatic rings. The van der Waals surface area contributed by atoms with Crippen LogP contribution in [0, 0.1) is 0 Å². The lowest BCUT2D eigenvalue weighted by Gasteiger charge is -2.09. The van der Waals surface area contributed by atoms with Gasteiger partial charge in [0.05, 0.1) is 10.7 Å². The zero-order valence-corrected chi connectivity index (χ0v) is 15.2. The topological polar surface area (TPSA) is 81.1 Å². The molecule has 136 valence electrons. The van der Waals surface area contributed by atoms with Crippen LogP contribution in [-0.4, -0.2) is 21.5 Å². The van der Waals surface area contributed by atoms with Crippen LogP contribution in [0.2, 0.25) is 5.02 Å². The Balaban J connectivity index is 1.78. The van der Waals surface area contributed by atoms with Crippen LogP contribution < -0.4 is 10.9 Å². The maximum atomic E-state index is 12.3. The molecule has 3 aromatic rings. The van der Waals surface area contributed by atoms with Crippen molar-refractivity contribution < 1.29 is 9.59 Å². The number of carbonyl (C=O) groups excluding carboxylic acids is 2. The second-order valence-electron chi connectivity index (χ2n) is 5.88. The number of anilines is 1. The van der Waals surface area contributed by atoms with E-state index < -0.39 is 11.5 Å². The summed E-state index contributed by atoms with van der Waals surface area (Å²) in [7, 11) is 0. The number of ketones is 1. The Kier molecular flexibility index (Phi) is 5.47. The van der Waals surface area contributed by atoms with Gasteiger partial charge in [0.2, 0.25) is 5.91 Å². The number of nitrogens with one attached hydrogen (secondary N) is 1. The van der Waals surface area contributed by atoms with Crippen LogP contribution >= 0.6 is 11.6 Å². The fraction of sp³-hybridized carbons (Fsp3) is 0.100. The van der Waals surface area contributed by atoms with Crippen molar-refractivity contribution in [2.45, 2.75) is 13.5 Å². The van der Waals surface area contributed by atoms with Gasteiger partial charge in [-0.2, -0.15) is 5.10 Å². The van der Waals surface area contributed by atoms with Gasteiger partial charge in [0, 0.05) is 22.9 Å². The molecule has 1 aromatic heterocycles. The largest absolute Gasteiger partial charge is 0.324 e. The van der Waals surface area contributed by atoms with Gasteiger partial charge >= 0.3 is 0 Å². The van der Waals surface area contributed by atoms with E-state index in [9.17, 15) is 14.4 Å². The lowest BCUT2D eigenvalue weighted by Crippen LogP contribution is -2.29. The van der Waals surface area contributed by atoms with Gasteiger partial charge in [0.15, 0.2) is 5.78 Å². The smallest absolute Gasteiger partial charge is 0.267 e. The van der Waals surface area contributed by atoms with Crippen LogP contribution in [0.4, 0.5) is 5.69 Å². The normalized spacial score (nSPS) is 10.4. The van der Waals surface area contributed by atoms with E-state index >= 15 is 0 Å². The molecule has 0 atom stereocenters. The molecule has 27 heavy (non-hydrogen) atoms. The van der Waals surface area contributed by atoms with Gasteiger partial charge in [-0.3, -0.25) is 14.4 Å². The molecular weight excluding hydrogens is 366 g/mol. The van der Waals surface area contributed by atoms with E-state index in [1.807, 2.05) is 6.07 Å². The Hall–Kier alpha value is -3.25. The number of aromatic nitrogens is 2. The maximum Gasteiger partial charge on any atom is 0.267 e. The van der Waals surface area contributed by atoms with Crippen molar-refractivity contribution in [3.8, 4) is 11.3 Å². The molecule has 0 aliphatic carbocycles. The summed E-state index contributed by atoms with van der Waals surface area (Å²) in [6.07, 6.45) is 0. The second kappa shape index (κ2) is 7.97. The summed E-state index contributed by atoms with van der Waals surface area (Å²) in [4.78, 5) is 35.6. The van der Waals surface area contributed by atoms with Crippen molar-refractivity contribution in [1.82, 2.24) is 9.78 Å². The predicted molar refractivity (Wildman–Crippen MR) is 104 cm³/mol. The second-order valence-corrected chi connectivity index (χ2v) is 6.28. The molecule has 0 unspecified atom stereocenters. The van der Waals surface area contributed by atoms with Crippen LogP contribution in [-0.2, 0) is 11.3 Å². The van der Waals surface area contributed by atoms with Crippen LogP contribution in [0.1, 0.15) is 17.3 Å². The van der Waals surface area contributed by atoms with Crippen molar-refractivity contribution in [1.29, 1.82) is 0 Å². The third kappa shape index (κ3) is 4.48. The molecule has 0 radical (unpaired) electrons. The maximum absolute atomic E-state index is 12.3. The van der Waals surface area contributed by atoms with Crippen LogP contribution in [0.25, 0.3) is 11.3 Å². The van der Waals surface area contributed by atoms with Crippen LogP contribution in [0.5, 0.6) is 0 Å². The molecule has 2 aromatic carbocycles. The fourth-order valence-electron chi connectivity index (χ4n) is 2.50. The van der Waals surface area contributed by atoms with E-state index in [0.717, 1.165) is 4.68 Å². The summed E-state index contributed by atoms with van der Waals surface area (Å²) in [5.74, 6) is -0.462. The van der Waals surface area contributed by atoms with Crippen molar-refractivity contribution in [3.63, 3.8) is 0 Å². The van der Waals surface area contributed by atoms with Crippen LogP contribution in [0.3, 0.4) is 0 Å². The first-order valence-corrected chi connectivity index (χ1v) is 8.56. The minimum Gasteiger partial charge on any atom is -0.324 e. The average molecular weight is 382 g/mol. The Labute approximate surface area is 160 Å². The number of rotatable bonds is 5. The highest BCUT2D eigenvalue weighted by Crippen LogP contribution is 2.24. The zero-order valence-electron chi connectivity index (χ0n) is 14.5. The lowest BCUT2D eigenvalue weighted by molar-refractivity contribution is -0.117. The highest BCUT2D eigenvalue weighted by atomic mass is 35.5. The molecule has 3 rings (SSSR count). The first kappa shape index (κ1) is 18.5. The molecule has 0 saturated carbocycles. The monoisotopic (exact) mass is 381 g/mol. The first-order valence-electron chi connectivity index (χ1n) is 8.18. The first-order chi connectivity index (χ1) is 12.9. The standard InChI is InChI=1S/C20H16ClN3O3/c1-13(25)14-6-8-15(9-7-14)22-19(26)12-24-20(27)11-10-18(23-24)16-4-2-3-5-17(16)21/h2-11H,12H2,1H3,(H,22,26). The van der Waals surface area contributed by atoms with Gasteiger partial charge < -0.3 is 5.32 Å². The Morgan fingerprint density at radius 3 is 2.41 bits per heavy atom. The minimum absolute atomic E-state index is 0.0555. The van der Waals surface area contributed by atoms with Gasteiger partial charge in [-0.15, -0.1) is 0 Å². The summed E-state index contributed by atoms with van der Waals surface area (Å²) in [5.41, 5.74) is 1.86. The SMILES string of the molecule is CC(=O)c1ccc(NC(=O)Cn2nc(-c3ccccc3Cl)ccc2=O)cc1. The van der Waals surface area contributed by atoms with E-state index in [0.29, 0.717) is 27.5 Å². The third-order valence-corrected chi connectivity index (χ3v) is 4.21. The van der Waals surface area contributed by atoms with E-state index in [1.165, 1.54) is 13.0 Å². The molecule has 1 heterocycles. The quantitative estimate of drug-likeness (QED) is 0.687. The number of benzene rings is 2. The van der Waals surface area contributed by atoms with Crippen LogP contribution in [0.15, 0.2) is 65.5 Å². The summed E-state index contributed by atoms with van der Waals surface area (Å²) in [6.45, 7) is 1.23. The van der Waals surface area contributed by atoms with Gasteiger partial charge in [0.1, 0.15) is 6.54 Å². The molecule has 0 fully saturated rings. The van der Waals surface area contributed by atoms with Crippen molar-refractivity contribution in [2.24, 2.45) is 0 Å². The van der Waals surface area contributed by atoms with Gasteiger partial charge in [0.25, 0.3) is 5.56 Å². The summed E-state index contributed by atoms with van der Waals surface area (Å²) in [6, 6.07) is 16.6. The Morgan fingerprint density at radius 2 is 1.74 bits per heavy atom. The van der Waals surface area contributed by atoms with E-state index in [-0.39, 0.29) is 12.3 Å². The number of hydrogen-bond donors (Lipinski definition) is 1. The predicted octanol–water partition coefficient (Wildman–Crippen LogP) is 3.41. The number of nitrogens with zero attached hydrogens (tertiary/aromatic N) is 2. The highest BCUT2D eigenvalue weighted by molar-refractivity contribution is 6.33. The molecule has 7 heteroatoms. The third-order valence-electron chi connectivity index (χ3n) is 3.88. The Morgan fingerprint density at radius 1 is 1.04 bits per heavy atom. The summed E-state index contributed by atoms with van der Waals surface area (Å²) < 4.78 is 1.08.